The van der Waals surface area contributed by atoms with Crippen LogP contribution in [0.3, 0.4) is 0 Å². The molecule has 1 aliphatic heterocycles. The number of benzene rings is 1. The molecular formula is C18H22N4O3. The number of urea groups is 1. The van der Waals surface area contributed by atoms with Crippen molar-refractivity contribution in [3.8, 4) is 0 Å². The first-order valence-electron chi connectivity index (χ1n) is 8.41. The number of nitrogens with zero attached hydrogens (tertiary/aromatic N) is 3. The van der Waals surface area contributed by atoms with Gasteiger partial charge in [0, 0.05) is 6.42 Å². The molecule has 132 valence electrons. The predicted octanol–water partition coefficient (Wildman–Crippen LogP) is 2.63. The van der Waals surface area contributed by atoms with Crippen LogP contribution in [0.1, 0.15) is 44.5 Å². The number of aryl methyl sites for hydroxylation is 1. The fourth-order valence-electron chi connectivity index (χ4n) is 2.82. The van der Waals surface area contributed by atoms with E-state index < -0.39 is 11.6 Å². The summed E-state index contributed by atoms with van der Waals surface area (Å²) in [7, 11) is 0. The SMILES string of the molecule is CC(C)CCc1noc(CN2C(=O)NC(C)(c3ccccc3)C2=O)n1. The quantitative estimate of drug-likeness (QED) is 0.815. The zero-order valence-corrected chi connectivity index (χ0v) is 14.7. The van der Waals surface area contributed by atoms with Crippen LogP contribution in [-0.4, -0.2) is 27.0 Å². The molecule has 0 radical (unpaired) electrons. The van der Waals surface area contributed by atoms with Gasteiger partial charge in [-0.15, -0.1) is 0 Å². The number of rotatable bonds is 6. The van der Waals surface area contributed by atoms with Crippen molar-refractivity contribution in [2.45, 2.75) is 45.7 Å². The normalized spacial score (nSPS) is 20.4. The van der Waals surface area contributed by atoms with Crippen molar-refractivity contribution in [2.75, 3.05) is 0 Å². The first-order chi connectivity index (χ1) is 11.9. The molecule has 25 heavy (non-hydrogen) atoms. The molecular weight excluding hydrogens is 320 g/mol. The zero-order chi connectivity index (χ0) is 18.0. The van der Waals surface area contributed by atoms with Gasteiger partial charge in [0.25, 0.3) is 5.91 Å². The maximum Gasteiger partial charge on any atom is 0.325 e. The average Bonchev–Trinajstić information content (AvgIpc) is 3.13. The first kappa shape index (κ1) is 17.1. The summed E-state index contributed by atoms with van der Waals surface area (Å²) in [6.45, 7) is 5.92. The standard InChI is InChI=1S/C18H22N4O3/c1-12(2)9-10-14-19-15(25-21-14)11-22-16(23)18(3,20-17(22)24)13-7-5-4-6-8-13/h4-8,12H,9-11H2,1-3H3,(H,20,24). The van der Waals surface area contributed by atoms with E-state index in [2.05, 4.69) is 29.3 Å². The molecule has 1 fully saturated rings. The van der Waals surface area contributed by atoms with Crippen LogP contribution < -0.4 is 5.32 Å². The van der Waals surface area contributed by atoms with E-state index in [1.54, 1.807) is 6.92 Å². The van der Waals surface area contributed by atoms with Gasteiger partial charge in [-0.3, -0.25) is 9.69 Å². The van der Waals surface area contributed by atoms with Crippen LogP contribution >= 0.6 is 0 Å². The second-order valence-electron chi connectivity index (χ2n) is 6.85. The minimum Gasteiger partial charge on any atom is -0.337 e. The van der Waals surface area contributed by atoms with Crippen molar-refractivity contribution in [3.63, 3.8) is 0 Å². The van der Waals surface area contributed by atoms with Gasteiger partial charge in [0.2, 0.25) is 5.89 Å². The largest absolute Gasteiger partial charge is 0.337 e. The molecule has 7 heteroatoms. The second-order valence-corrected chi connectivity index (χ2v) is 6.85. The molecule has 2 aromatic rings. The molecule has 0 saturated carbocycles. The Morgan fingerprint density at radius 2 is 1.96 bits per heavy atom. The summed E-state index contributed by atoms with van der Waals surface area (Å²) in [5.74, 6) is 1.08. The van der Waals surface area contributed by atoms with Gasteiger partial charge in [0.1, 0.15) is 12.1 Å². The van der Waals surface area contributed by atoms with Crippen molar-refractivity contribution in [1.29, 1.82) is 0 Å². The van der Waals surface area contributed by atoms with Crippen LogP contribution in [0.2, 0.25) is 0 Å². The molecule has 0 spiro atoms. The highest BCUT2D eigenvalue weighted by Crippen LogP contribution is 2.29. The number of imide groups is 1. The van der Waals surface area contributed by atoms with E-state index in [-0.39, 0.29) is 18.3 Å². The first-order valence-corrected chi connectivity index (χ1v) is 8.41. The van der Waals surface area contributed by atoms with Gasteiger partial charge < -0.3 is 9.84 Å². The fraction of sp³-hybridized carbons (Fsp3) is 0.444. The number of carbonyl (C=O) groups is 2. The van der Waals surface area contributed by atoms with Gasteiger partial charge in [-0.1, -0.05) is 49.3 Å². The predicted molar refractivity (Wildman–Crippen MR) is 90.3 cm³/mol. The lowest BCUT2D eigenvalue weighted by molar-refractivity contribution is -0.131. The maximum atomic E-state index is 12.8. The van der Waals surface area contributed by atoms with Crippen molar-refractivity contribution >= 4 is 11.9 Å². The Kier molecular flexibility index (Phi) is 4.57. The molecule has 3 rings (SSSR count). The van der Waals surface area contributed by atoms with Crippen LogP contribution in [0.5, 0.6) is 0 Å². The van der Waals surface area contributed by atoms with Crippen LogP contribution in [0.25, 0.3) is 0 Å². The van der Waals surface area contributed by atoms with Crippen LogP contribution in [0, 0.1) is 5.92 Å². The summed E-state index contributed by atoms with van der Waals surface area (Å²) in [4.78, 5) is 30.5. The number of hydrogen-bond acceptors (Lipinski definition) is 5. The Morgan fingerprint density at radius 3 is 2.64 bits per heavy atom. The molecule has 0 bridgehead atoms. The summed E-state index contributed by atoms with van der Waals surface area (Å²) < 4.78 is 5.19. The molecule has 2 heterocycles. The molecule has 1 saturated heterocycles. The van der Waals surface area contributed by atoms with Gasteiger partial charge in [0.05, 0.1) is 0 Å². The van der Waals surface area contributed by atoms with Gasteiger partial charge in [-0.25, -0.2) is 4.79 Å². The Labute approximate surface area is 146 Å². The lowest BCUT2D eigenvalue weighted by atomic mass is 9.92. The molecule has 7 nitrogen and oxygen atoms in total. The van der Waals surface area contributed by atoms with E-state index in [4.69, 9.17) is 4.52 Å². The highest BCUT2D eigenvalue weighted by molar-refractivity contribution is 6.07. The van der Waals surface area contributed by atoms with Gasteiger partial charge in [-0.2, -0.15) is 4.98 Å². The average molecular weight is 342 g/mol. The Hall–Kier alpha value is -2.70. The van der Waals surface area contributed by atoms with Gasteiger partial charge in [0.15, 0.2) is 5.82 Å². The van der Waals surface area contributed by atoms with Gasteiger partial charge in [-0.05, 0) is 24.8 Å². The van der Waals surface area contributed by atoms with E-state index >= 15 is 0 Å². The number of hydrogen-bond donors (Lipinski definition) is 1. The third-order valence-electron chi connectivity index (χ3n) is 4.37. The Balaban J connectivity index is 1.73. The number of nitrogens with one attached hydrogen (secondary N) is 1. The lowest BCUT2D eigenvalue weighted by Gasteiger charge is -2.21. The molecule has 1 aromatic carbocycles. The topological polar surface area (TPSA) is 88.3 Å². The van der Waals surface area contributed by atoms with E-state index in [9.17, 15) is 9.59 Å². The summed E-state index contributed by atoms with van der Waals surface area (Å²) in [6.07, 6.45) is 1.66. The minimum atomic E-state index is -1.08. The third kappa shape index (κ3) is 3.40. The summed E-state index contributed by atoms with van der Waals surface area (Å²) in [5, 5.41) is 6.68. The fourth-order valence-corrected chi connectivity index (χ4v) is 2.82. The Bertz CT molecular complexity index is 772. The van der Waals surface area contributed by atoms with Crippen molar-refractivity contribution in [3.05, 3.63) is 47.6 Å². The smallest absolute Gasteiger partial charge is 0.325 e. The summed E-state index contributed by atoms with van der Waals surface area (Å²) >= 11 is 0. The zero-order valence-electron chi connectivity index (χ0n) is 14.7. The van der Waals surface area contributed by atoms with E-state index in [1.807, 2.05) is 30.3 Å². The van der Waals surface area contributed by atoms with Crippen molar-refractivity contribution in [1.82, 2.24) is 20.4 Å². The van der Waals surface area contributed by atoms with E-state index in [0.29, 0.717) is 18.2 Å². The van der Waals surface area contributed by atoms with Crippen molar-refractivity contribution in [2.24, 2.45) is 5.92 Å². The lowest BCUT2D eigenvalue weighted by Crippen LogP contribution is -2.40. The molecule has 3 amide bonds. The molecule has 1 atom stereocenters. The van der Waals surface area contributed by atoms with Crippen molar-refractivity contribution < 1.29 is 14.1 Å². The number of amides is 3. The van der Waals surface area contributed by atoms with Gasteiger partial charge >= 0.3 is 6.03 Å². The van der Waals surface area contributed by atoms with E-state index in [0.717, 1.165) is 16.9 Å². The monoisotopic (exact) mass is 342 g/mol. The second kappa shape index (κ2) is 6.66. The highest BCUT2D eigenvalue weighted by atomic mass is 16.5. The Morgan fingerprint density at radius 1 is 1.24 bits per heavy atom. The molecule has 1 aromatic heterocycles. The van der Waals surface area contributed by atoms with Crippen LogP contribution in [-0.2, 0) is 23.3 Å². The molecule has 0 aliphatic carbocycles. The molecule has 1 N–H and O–H groups in total. The minimum absolute atomic E-state index is 0.0260. The summed E-state index contributed by atoms with van der Waals surface area (Å²) in [5.41, 5.74) is -0.349. The highest BCUT2D eigenvalue weighted by Gasteiger charge is 2.49. The molecule has 1 aliphatic rings. The maximum absolute atomic E-state index is 12.8. The molecule has 1 unspecified atom stereocenters. The third-order valence-corrected chi connectivity index (χ3v) is 4.37. The van der Waals surface area contributed by atoms with Crippen LogP contribution in [0.4, 0.5) is 4.79 Å². The summed E-state index contributed by atoms with van der Waals surface area (Å²) in [6, 6.07) is 8.71. The van der Waals surface area contributed by atoms with Crippen LogP contribution in [0.15, 0.2) is 34.9 Å². The number of aromatic nitrogens is 2. The number of carbonyl (C=O) groups excluding carboxylic acids is 2. The van der Waals surface area contributed by atoms with E-state index in [1.165, 1.54) is 0 Å².